The summed E-state index contributed by atoms with van der Waals surface area (Å²) in [5.74, 6) is 0. The number of nitrogens with one attached hydrogen (secondary N) is 1. The van der Waals surface area contributed by atoms with Crippen LogP contribution in [0.5, 0.6) is 0 Å². The van der Waals surface area contributed by atoms with E-state index in [1.807, 2.05) is 6.07 Å². The molecular weight excluding hydrogens is 202 g/mol. The SMILES string of the molecule is CC1(Nc2ccc(N)cc2C#N)CCOC1. The zero-order valence-electron chi connectivity index (χ0n) is 9.29. The van der Waals surface area contributed by atoms with Gasteiger partial charge in [0.05, 0.1) is 23.4 Å². The van der Waals surface area contributed by atoms with Gasteiger partial charge in [-0.2, -0.15) is 5.26 Å². The maximum atomic E-state index is 9.02. The third kappa shape index (κ3) is 2.10. The van der Waals surface area contributed by atoms with Crippen molar-refractivity contribution in [1.29, 1.82) is 5.26 Å². The number of nitrogens with zero attached hydrogens (tertiary/aromatic N) is 1. The Balaban J connectivity index is 2.24. The minimum absolute atomic E-state index is 0.0816. The van der Waals surface area contributed by atoms with Crippen molar-refractivity contribution < 1.29 is 4.74 Å². The van der Waals surface area contributed by atoms with E-state index in [1.165, 1.54) is 0 Å². The van der Waals surface area contributed by atoms with Crippen molar-refractivity contribution in [3.63, 3.8) is 0 Å². The molecular formula is C12H15N3O. The van der Waals surface area contributed by atoms with E-state index < -0.39 is 0 Å². The van der Waals surface area contributed by atoms with Crippen LogP contribution in [0.15, 0.2) is 18.2 Å². The number of nitrogen functional groups attached to an aromatic ring is 1. The first kappa shape index (κ1) is 10.8. The van der Waals surface area contributed by atoms with Gasteiger partial charge < -0.3 is 15.8 Å². The standard InChI is InChI=1S/C12H15N3O/c1-12(4-5-16-8-12)15-11-3-2-10(14)6-9(11)7-13/h2-3,6,15H,4-5,8,14H2,1H3. The fraction of sp³-hybridized carbons (Fsp3) is 0.417. The third-order valence-electron chi connectivity index (χ3n) is 2.82. The molecule has 1 aliphatic rings. The predicted octanol–water partition coefficient (Wildman–Crippen LogP) is 1.73. The average molecular weight is 217 g/mol. The van der Waals surface area contributed by atoms with Crippen molar-refractivity contribution in [1.82, 2.24) is 0 Å². The van der Waals surface area contributed by atoms with Crippen LogP contribution in [0.4, 0.5) is 11.4 Å². The molecule has 0 bridgehead atoms. The number of hydrogen-bond donors (Lipinski definition) is 2. The lowest BCUT2D eigenvalue weighted by atomic mass is 10.0. The Morgan fingerprint density at radius 1 is 1.56 bits per heavy atom. The topological polar surface area (TPSA) is 71.1 Å². The lowest BCUT2D eigenvalue weighted by molar-refractivity contribution is 0.185. The van der Waals surface area contributed by atoms with Gasteiger partial charge in [0.1, 0.15) is 6.07 Å². The molecule has 84 valence electrons. The van der Waals surface area contributed by atoms with Gasteiger partial charge in [0, 0.05) is 12.3 Å². The lowest BCUT2D eigenvalue weighted by Gasteiger charge is -2.25. The third-order valence-corrected chi connectivity index (χ3v) is 2.82. The summed E-state index contributed by atoms with van der Waals surface area (Å²) < 4.78 is 5.36. The molecule has 0 spiro atoms. The fourth-order valence-electron chi connectivity index (χ4n) is 1.85. The van der Waals surface area contributed by atoms with E-state index in [4.69, 9.17) is 15.7 Å². The van der Waals surface area contributed by atoms with Crippen molar-refractivity contribution in [2.45, 2.75) is 18.9 Å². The van der Waals surface area contributed by atoms with Gasteiger partial charge in [-0.3, -0.25) is 0 Å². The molecule has 0 aliphatic carbocycles. The van der Waals surface area contributed by atoms with Crippen LogP contribution in [-0.4, -0.2) is 18.8 Å². The van der Waals surface area contributed by atoms with Gasteiger partial charge in [-0.25, -0.2) is 0 Å². The van der Waals surface area contributed by atoms with Gasteiger partial charge in [0.2, 0.25) is 0 Å². The summed E-state index contributed by atoms with van der Waals surface area (Å²) >= 11 is 0. The average Bonchev–Trinajstić information content (AvgIpc) is 2.68. The van der Waals surface area contributed by atoms with Crippen molar-refractivity contribution in [3.05, 3.63) is 23.8 Å². The van der Waals surface area contributed by atoms with Gasteiger partial charge in [0.25, 0.3) is 0 Å². The summed E-state index contributed by atoms with van der Waals surface area (Å²) in [6, 6.07) is 7.46. The Kier molecular flexibility index (Phi) is 2.71. The zero-order valence-corrected chi connectivity index (χ0v) is 9.29. The smallest absolute Gasteiger partial charge is 0.101 e. The van der Waals surface area contributed by atoms with Crippen LogP contribution < -0.4 is 11.1 Å². The predicted molar refractivity (Wildman–Crippen MR) is 63.0 cm³/mol. The molecule has 1 atom stereocenters. The summed E-state index contributed by atoms with van der Waals surface area (Å²) in [4.78, 5) is 0. The second-order valence-electron chi connectivity index (χ2n) is 4.41. The van der Waals surface area contributed by atoms with Crippen molar-refractivity contribution in [2.24, 2.45) is 0 Å². The lowest BCUT2D eigenvalue weighted by Crippen LogP contribution is -2.35. The highest BCUT2D eigenvalue weighted by Crippen LogP contribution is 2.26. The molecule has 16 heavy (non-hydrogen) atoms. The number of nitriles is 1. The number of hydrogen-bond acceptors (Lipinski definition) is 4. The molecule has 0 aromatic heterocycles. The number of nitrogens with two attached hydrogens (primary N) is 1. The Morgan fingerprint density at radius 3 is 3.00 bits per heavy atom. The zero-order chi connectivity index (χ0) is 11.6. The second-order valence-corrected chi connectivity index (χ2v) is 4.41. The molecule has 0 radical (unpaired) electrons. The van der Waals surface area contributed by atoms with Crippen LogP contribution in [0.2, 0.25) is 0 Å². The van der Waals surface area contributed by atoms with E-state index in [2.05, 4.69) is 18.3 Å². The van der Waals surface area contributed by atoms with Gasteiger partial charge in [-0.15, -0.1) is 0 Å². The molecule has 2 rings (SSSR count). The minimum Gasteiger partial charge on any atom is -0.399 e. The number of anilines is 2. The maximum Gasteiger partial charge on any atom is 0.101 e. The Labute approximate surface area is 95.0 Å². The molecule has 4 heteroatoms. The number of ether oxygens (including phenoxy) is 1. The van der Waals surface area contributed by atoms with Crippen LogP contribution >= 0.6 is 0 Å². The molecule has 1 fully saturated rings. The summed E-state index contributed by atoms with van der Waals surface area (Å²) in [5, 5.41) is 12.4. The highest BCUT2D eigenvalue weighted by molar-refractivity contribution is 5.63. The molecule has 0 saturated carbocycles. The van der Waals surface area contributed by atoms with E-state index in [0.717, 1.165) is 18.7 Å². The minimum atomic E-state index is -0.0816. The van der Waals surface area contributed by atoms with Gasteiger partial charge in [-0.1, -0.05) is 0 Å². The first-order chi connectivity index (χ1) is 7.63. The Bertz CT molecular complexity index is 430. The normalized spacial score (nSPS) is 24.0. The highest BCUT2D eigenvalue weighted by atomic mass is 16.5. The van der Waals surface area contributed by atoms with E-state index in [-0.39, 0.29) is 5.54 Å². The molecule has 1 aromatic carbocycles. The maximum absolute atomic E-state index is 9.02. The van der Waals surface area contributed by atoms with Gasteiger partial charge in [0.15, 0.2) is 0 Å². The molecule has 1 aliphatic heterocycles. The fourth-order valence-corrected chi connectivity index (χ4v) is 1.85. The van der Waals surface area contributed by atoms with Crippen LogP contribution in [0.3, 0.4) is 0 Å². The number of benzene rings is 1. The molecule has 0 amide bonds. The highest BCUT2D eigenvalue weighted by Gasteiger charge is 2.29. The monoisotopic (exact) mass is 217 g/mol. The van der Waals surface area contributed by atoms with Gasteiger partial charge in [-0.05, 0) is 31.5 Å². The van der Waals surface area contributed by atoms with Crippen LogP contribution in [0, 0.1) is 11.3 Å². The molecule has 1 aromatic rings. The van der Waals surface area contributed by atoms with Crippen molar-refractivity contribution >= 4 is 11.4 Å². The first-order valence-corrected chi connectivity index (χ1v) is 5.28. The van der Waals surface area contributed by atoms with E-state index >= 15 is 0 Å². The molecule has 4 nitrogen and oxygen atoms in total. The van der Waals surface area contributed by atoms with Crippen LogP contribution in [0.1, 0.15) is 18.9 Å². The Hall–Kier alpha value is -1.73. The van der Waals surface area contributed by atoms with Crippen LogP contribution in [0.25, 0.3) is 0 Å². The van der Waals surface area contributed by atoms with E-state index in [9.17, 15) is 0 Å². The molecule has 1 unspecified atom stereocenters. The molecule has 1 saturated heterocycles. The van der Waals surface area contributed by atoms with E-state index in [1.54, 1.807) is 12.1 Å². The molecule has 3 N–H and O–H groups in total. The summed E-state index contributed by atoms with van der Waals surface area (Å²) in [6.07, 6.45) is 0.947. The summed E-state index contributed by atoms with van der Waals surface area (Å²) in [5.41, 5.74) is 7.57. The van der Waals surface area contributed by atoms with E-state index in [0.29, 0.717) is 17.9 Å². The quantitative estimate of drug-likeness (QED) is 0.740. The summed E-state index contributed by atoms with van der Waals surface area (Å²) in [7, 11) is 0. The summed E-state index contributed by atoms with van der Waals surface area (Å²) in [6.45, 7) is 3.53. The van der Waals surface area contributed by atoms with Crippen LogP contribution in [-0.2, 0) is 4.74 Å². The first-order valence-electron chi connectivity index (χ1n) is 5.28. The Morgan fingerprint density at radius 2 is 2.38 bits per heavy atom. The largest absolute Gasteiger partial charge is 0.399 e. The second kappa shape index (κ2) is 4.03. The van der Waals surface area contributed by atoms with Gasteiger partial charge >= 0.3 is 0 Å². The van der Waals surface area contributed by atoms with Crippen molar-refractivity contribution in [2.75, 3.05) is 24.3 Å². The number of rotatable bonds is 2. The van der Waals surface area contributed by atoms with Crippen molar-refractivity contribution in [3.8, 4) is 6.07 Å². The molecule has 1 heterocycles.